The highest BCUT2D eigenvalue weighted by molar-refractivity contribution is 5.83. The number of allylic oxidation sites excluding steroid dienone is 3. The van der Waals surface area contributed by atoms with Gasteiger partial charge in [-0.2, -0.15) is 0 Å². The molecule has 2 aliphatic heterocycles. The topological polar surface area (TPSA) is 71.1 Å². The molecule has 184 valence electrons. The van der Waals surface area contributed by atoms with E-state index in [2.05, 4.69) is 46.6 Å². The molecule has 1 aromatic rings. The Balaban J connectivity index is 1.43. The molecule has 4 rings (SSSR count). The number of likely N-dealkylation sites (tertiary alicyclic amines) is 1. The zero-order valence-electron chi connectivity index (χ0n) is 20.6. The van der Waals surface area contributed by atoms with Crippen LogP contribution in [0.15, 0.2) is 47.9 Å². The maximum atomic E-state index is 12.4. The normalized spacial score (nSPS) is 19.5. The monoisotopic (exact) mass is 467 g/mol. The molecule has 3 aliphatic rings. The van der Waals surface area contributed by atoms with Crippen molar-refractivity contribution in [2.24, 2.45) is 0 Å². The molecule has 2 heterocycles. The summed E-state index contributed by atoms with van der Waals surface area (Å²) in [5, 5.41) is 2.61. The molecular formula is C27H37N3O4. The summed E-state index contributed by atoms with van der Waals surface area (Å²) in [5.41, 5.74) is 2.29. The summed E-state index contributed by atoms with van der Waals surface area (Å²) in [6.45, 7) is 8.65. The molecule has 7 nitrogen and oxygen atoms in total. The summed E-state index contributed by atoms with van der Waals surface area (Å²) in [6, 6.07) is 8.40. The molecule has 1 saturated heterocycles. The third-order valence-electron chi connectivity index (χ3n) is 6.83. The van der Waals surface area contributed by atoms with E-state index in [4.69, 9.17) is 9.47 Å². The van der Waals surface area contributed by atoms with Gasteiger partial charge in [0, 0.05) is 52.4 Å². The molecule has 0 saturated carbocycles. The predicted octanol–water partition coefficient (Wildman–Crippen LogP) is 3.76. The molecule has 34 heavy (non-hydrogen) atoms. The Morgan fingerprint density at radius 3 is 2.50 bits per heavy atom. The zero-order valence-corrected chi connectivity index (χ0v) is 20.6. The van der Waals surface area contributed by atoms with Crippen LogP contribution >= 0.6 is 0 Å². The first-order valence-corrected chi connectivity index (χ1v) is 12.4. The second-order valence-electron chi connectivity index (χ2n) is 9.81. The van der Waals surface area contributed by atoms with Crippen LogP contribution in [0.3, 0.4) is 0 Å². The van der Waals surface area contributed by atoms with E-state index in [1.54, 1.807) is 0 Å². The van der Waals surface area contributed by atoms with Crippen LogP contribution in [0.5, 0.6) is 5.75 Å². The van der Waals surface area contributed by atoms with Crippen molar-refractivity contribution in [3.8, 4) is 5.75 Å². The molecule has 1 N–H and O–H groups in total. The lowest BCUT2D eigenvalue weighted by molar-refractivity contribution is -0.137. The van der Waals surface area contributed by atoms with Crippen molar-refractivity contribution >= 4 is 11.8 Å². The highest BCUT2D eigenvalue weighted by atomic mass is 16.5. The van der Waals surface area contributed by atoms with Crippen LogP contribution in [0.2, 0.25) is 0 Å². The zero-order chi connectivity index (χ0) is 24.1. The molecule has 2 amide bonds. The van der Waals surface area contributed by atoms with Crippen LogP contribution in [0.4, 0.5) is 0 Å². The average Bonchev–Trinajstić information content (AvgIpc) is 2.96. The number of amides is 2. The lowest BCUT2D eigenvalue weighted by atomic mass is 9.87. The molecule has 0 aromatic heterocycles. The second-order valence-corrected chi connectivity index (χ2v) is 9.81. The van der Waals surface area contributed by atoms with Gasteiger partial charge in [0.2, 0.25) is 11.8 Å². The standard InChI is InChI=1S/C27H37N3O4/c1-20(2)33-23-10-8-22(9-11-23)19-30-17-14-27(34-25-7-5-4-6-24(25)30)12-15-29(16-13-27)26(32)18-28-21(3)31/h5,7-11,20H,4,6,12-19H2,1-3H3,(H,28,31). The van der Waals surface area contributed by atoms with Crippen LogP contribution in [0, 0.1) is 0 Å². The maximum Gasteiger partial charge on any atom is 0.241 e. The first kappa shape index (κ1) is 24.2. The summed E-state index contributed by atoms with van der Waals surface area (Å²) in [6.07, 6.45) is 9.04. The molecule has 0 radical (unpaired) electrons. The molecule has 0 bridgehead atoms. The fourth-order valence-electron chi connectivity index (χ4n) is 4.96. The number of ether oxygens (including phenoxy) is 2. The van der Waals surface area contributed by atoms with Gasteiger partial charge in [-0.15, -0.1) is 0 Å². The van der Waals surface area contributed by atoms with Crippen molar-refractivity contribution in [2.45, 2.75) is 71.1 Å². The molecule has 7 heteroatoms. The highest BCUT2D eigenvalue weighted by Crippen LogP contribution is 2.39. The van der Waals surface area contributed by atoms with Gasteiger partial charge in [0.1, 0.15) is 17.1 Å². The van der Waals surface area contributed by atoms with Crippen LogP contribution < -0.4 is 10.1 Å². The number of hydrogen-bond donors (Lipinski definition) is 1. The molecule has 1 aliphatic carbocycles. The number of rotatable bonds is 6. The van der Waals surface area contributed by atoms with Crippen molar-refractivity contribution in [2.75, 3.05) is 26.2 Å². The van der Waals surface area contributed by atoms with E-state index in [-0.39, 0.29) is 30.1 Å². The van der Waals surface area contributed by atoms with Crippen molar-refractivity contribution in [3.05, 3.63) is 53.4 Å². The Kier molecular flexibility index (Phi) is 7.49. The van der Waals surface area contributed by atoms with E-state index in [0.29, 0.717) is 13.1 Å². The number of carbonyl (C=O) groups is 2. The third kappa shape index (κ3) is 5.93. The van der Waals surface area contributed by atoms with Gasteiger partial charge in [-0.3, -0.25) is 9.59 Å². The largest absolute Gasteiger partial charge is 0.491 e. The van der Waals surface area contributed by atoms with E-state index in [1.165, 1.54) is 18.2 Å². The van der Waals surface area contributed by atoms with Gasteiger partial charge in [0.25, 0.3) is 0 Å². The lowest BCUT2D eigenvalue weighted by Gasteiger charge is -2.41. The van der Waals surface area contributed by atoms with Gasteiger partial charge in [-0.25, -0.2) is 0 Å². The van der Waals surface area contributed by atoms with Crippen LogP contribution in [-0.2, 0) is 20.9 Å². The van der Waals surface area contributed by atoms with Crippen molar-refractivity contribution in [1.82, 2.24) is 15.1 Å². The summed E-state index contributed by atoms with van der Waals surface area (Å²) < 4.78 is 12.5. The minimum Gasteiger partial charge on any atom is -0.491 e. The fourth-order valence-corrected chi connectivity index (χ4v) is 4.96. The Labute approximate surface area is 202 Å². The molecule has 1 aromatic carbocycles. The summed E-state index contributed by atoms with van der Waals surface area (Å²) in [4.78, 5) is 27.9. The van der Waals surface area contributed by atoms with E-state index in [0.717, 1.165) is 56.7 Å². The molecule has 0 unspecified atom stereocenters. The van der Waals surface area contributed by atoms with E-state index in [9.17, 15) is 9.59 Å². The Morgan fingerprint density at radius 2 is 1.82 bits per heavy atom. The van der Waals surface area contributed by atoms with Gasteiger partial charge in [-0.05, 0) is 50.5 Å². The molecular weight excluding hydrogens is 430 g/mol. The average molecular weight is 468 g/mol. The van der Waals surface area contributed by atoms with Gasteiger partial charge in [-0.1, -0.05) is 18.2 Å². The number of nitrogens with one attached hydrogen (secondary N) is 1. The summed E-state index contributed by atoms with van der Waals surface area (Å²) in [7, 11) is 0. The van der Waals surface area contributed by atoms with Crippen LogP contribution in [0.1, 0.15) is 58.4 Å². The maximum absolute atomic E-state index is 12.4. The van der Waals surface area contributed by atoms with Crippen LogP contribution in [0.25, 0.3) is 0 Å². The number of piperidine rings is 1. The minimum absolute atomic E-state index is 0.0253. The van der Waals surface area contributed by atoms with Crippen molar-refractivity contribution in [3.63, 3.8) is 0 Å². The quantitative estimate of drug-likeness (QED) is 0.690. The summed E-state index contributed by atoms with van der Waals surface area (Å²) >= 11 is 0. The minimum atomic E-state index is -0.253. The smallest absolute Gasteiger partial charge is 0.241 e. The van der Waals surface area contributed by atoms with Gasteiger partial charge >= 0.3 is 0 Å². The first-order valence-electron chi connectivity index (χ1n) is 12.4. The highest BCUT2D eigenvalue weighted by Gasteiger charge is 2.41. The Morgan fingerprint density at radius 1 is 1.12 bits per heavy atom. The number of carbonyl (C=O) groups excluding carboxylic acids is 2. The first-order chi connectivity index (χ1) is 16.3. The van der Waals surface area contributed by atoms with Crippen molar-refractivity contribution in [1.29, 1.82) is 0 Å². The number of nitrogens with zero attached hydrogens (tertiary/aromatic N) is 2. The Bertz CT molecular complexity index is 943. The van der Waals surface area contributed by atoms with E-state index >= 15 is 0 Å². The SMILES string of the molecule is CC(=O)NCC(=O)N1CCC2(CC1)CCN(Cc1ccc(OC(C)C)cc1)C1=C(C=CCC1)O2. The molecule has 1 fully saturated rings. The second kappa shape index (κ2) is 10.5. The van der Waals surface area contributed by atoms with Crippen LogP contribution in [-0.4, -0.2) is 59.5 Å². The molecule has 0 atom stereocenters. The van der Waals surface area contributed by atoms with Crippen molar-refractivity contribution < 1.29 is 19.1 Å². The fraction of sp³-hybridized carbons (Fsp3) is 0.556. The number of hydrogen-bond acceptors (Lipinski definition) is 5. The van der Waals surface area contributed by atoms with E-state index < -0.39 is 0 Å². The summed E-state index contributed by atoms with van der Waals surface area (Å²) in [5.74, 6) is 1.68. The third-order valence-corrected chi connectivity index (χ3v) is 6.83. The van der Waals surface area contributed by atoms with Gasteiger partial charge < -0.3 is 24.6 Å². The predicted molar refractivity (Wildman–Crippen MR) is 131 cm³/mol. The number of benzene rings is 1. The van der Waals surface area contributed by atoms with E-state index in [1.807, 2.05) is 18.7 Å². The van der Waals surface area contributed by atoms with Gasteiger partial charge in [0.05, 0.1) is 18.3 Å². The Hall–Kier alpha value is -2.96. The lowest BCUT2D eigenvalue weighted by Crippen LogP contribution is -2.50. The molecule has 1 spiro atoms. The van der Waals surface area contributed by atoms with Gasteiger partial charge in [0.15, 0.2) is 0 Å².